The highest BCUT2D eigenvalue weighted by molar-refractivity contribution is 5.73. The first-order chi connectivity index (χ1) is 9.99. The fourth-order valence-electron chi connectivity index (χ4n) is 2.73. The van der Waals surface area contributed by atoms with E-state index in [1.165, 1.54) is 4.90 Å². The maximum absolute atomic E-state index is 11.4. The molecule has 1 saturated heterocycles. The summed E-state index contributed by atoms with van der Waals surface area (Å²) in [6, 6.07) is 9.58. The molecule has 1 aromatic rings. The van der Waals surface area contributed by atoms with Gasteiger partial charge in [0.25, 0.3) is 0 Å². The molecule has 1 heterocycles. The number of benzene rings is 1. The van der Waals surface area contributed by atoms with E-state index in [-0.39, 0.29) is 18.6 Å². The third-order valence-electron chi connectivity index (χ3n) is 3.96. The van der Waals surface area contributed by atoms with E-state index in [1.807, 2.05) is 37.3 Å². The van der Waals surface area contributed by atoms with E-state index in [4.69, 9.17) is 5.11 Å². The van der Waals surface area contributed by atoms with Gasteiger partial charge in [-0.1, -0.05) is 30.3 Å². The van der Waals surface area contributed by atoms with Gasteiger partial charge in [-0.15, -0.1) is 0 Å². The van der Waals surface area contributed by atoms with Gasteiger partial charge in [0.2, 0.25) is 0 Å². The van der Waals surface area contributed by atoms with Crippen LogP contribution in [-0.2, 0) is 4.79 Å². The topological polar surface area (TPSA) is 89.9 Å². The number of hydrogen-bond acceptors (Lipinski definition) is 3. The normalized spacial score (nSPS) is 23.6. The molecule has 1 amide bonds. The Morgan fingerprint density at radius 3 is 2.52 bits per heavy atom. The van der Waals surface area contributed by atoms with Crippen molar-refractivity contribution in [3.8, 4) is 0 Å². The molecule has 1 aromatic carbocycles. The molecule has 0 aliphatic carbocycles. The predicted octanol–water partition coefficient (Wildman–Crippen LogP) is 1.79. The van der Waals surface area contributed by atoms with Crippen molar-refractivity contribution < 1.29 is 19.8 Å². The first kappa shape index (κ1) is 15.3. The molecule has 114 valence electrons. The van der Waals surface area contributed by atoms with Gasteiger partial charge in [0, 0.05) is 25.2 Å². The highest BCUT2D eigenvalue weighted by Gasteiger charge is 2.36. The van der Waals surface area contributed by atoms with Crippen LogP contribution in [0.1, 0.15) is 24.9 Å². The number of likely N-dealkylation sites (tertiary alicyclic amines) is 1. The maximum atomic E-state index is 11.4. The molecule has 2 rings (SSSR count). The summed E-state index contributed by atoms with van der Waals surface area (Å²) >= 11 is 0. The Kier molecular flexibility index (Phi) is 4.80. The van der Waals surface area contributed by atoms with E-state index in [1.54, 1.807) is 0 Å². The van der Waals surface area contributed by atoms with Gasteiger partial charge in [-0.3, -0.25) is 4.79 Å². The lowest BCUT2D eigenvalue weighted by molar-refractivity contribution is -0.144. The lowest BCUT2D eigenvalue weighted by Gasteiger charge is -2.37. The number of rotatable bonds is 4. The minimum atomic E-state index is -1.06. The fraction of sp³-hybridized carbons (Fsp3) is 0.467. The molecule has 1 aliphatic heterocycles. The van der Waals surface area contributed by atoms with Gasteiger partial charge < -0.3 is 20.4 Å². The molecule has 0 aromatic heterocycles. The van der Waals surface area contributed by atoms with Crippen LogP contribution in [0.5, 0.6) is 0 Å². The van der Waals surface area contributed by atoms with Gasteiger partial charge in [0.05, 0.1) is 5.92 Å². The van der Waals surface area contributed by atoms with Gasteiger partial charge in [0.15, 0.2) is 0 Å². The molecule has 0 spiro atoms. The molecule has 21 heavy (non-hydrogen) atoms. The van der Waals surface area contributed by atoms with Crippen molar-refractivity contribution in [2.75, 3.05) is 13.1 Å². The van der Waals surface area contributed by atoms with Crippen molar-refractivity contribution >= 4 is 12.1 Å². The van der Waals surface area contributed by atoms with Crippen molar-refractivity contribution in [3.05, 3.63) is 35.9 Å². The number of hydrogen-bond donors (Lipinski definition) is 3. The summed E-state index contributed by atoms with van der Waals surface area (Å²) in [5.74, 6) is -1.68. The Morgan fingerprint density at radius 2 is 1.95 bits per heavy atom. The highest BCUT2D eigenvalue weighted by atomic mass is 16.4. The van der Waals surface area contributed by atoms with Crippen molar-refractivity contribution in [2.45, 2.75) is 25.4 Å². The van der Waals surface area contributed by atoms with E-state index in [2.05, 4.69) is 5.32 Å². The van der Waals surface area contributed by atoms with E-state index in [0.717, 1.165) is 5.56 Å². The smallest absolute Gasteiger partial charge is 0.407 e. The van der Waals surface area contributed by atoms with Gasteiger partial charge in [-0.2, -0.15) is 0 Å². The second kappa shape index (κ2) is 6.58. The summed E-state index contributed by atoms with van der Waals surface area (Å²) in [6.45, 7) is 2.37. The van der Waals surface area contributed by atoms with Gasteiger partial charge in [0.1, 0.15) is 0 Å². The van der Waals surface area contributed by atoms with E-state index in [0.29, 0.717) is 13.0 Å². The van der Waals surface area contributed by atoms with E-state index in [9.17, 15) is 14.7 Å². The lowest BCUT2D eigenvalue weighted by Crippen LogP contribution is -2.53. The van der Waals surface area contributed by atoms with Crippen molar-refractivity contribution in [1.82, 2.24) is 10.2 Å². The summed E-state index contributed by atoms with van der Waals surface area (Å²) in [4.78, 5) is 23.5. The van der Waals surface area contributed by atoms with Crippen LogP contribution in [0, 0.1) is 5.92 Å². The number of carbonyl (C=O) groups is 2. The first-order valence-electron chi connectivity index (χ1n) is 7.00. The van der Waals surface area contributed by atoms with Gasteiger partial charge in [-0.05, 0) is 18.9 Å². The van der Waals surface area contributed by atoms with Gasteiger partial charge in [-0.25, -0.2) is 4.79 Å². The van der Waals surface area contributed by atoms with Crippen LogP contribution in [-0.4, -0.2) is 46.3 Å². The third-order valence-corrected chi connectivity index (χ3v) is 3.96. The number of piperidine rings is 1. The molecular formula is C15H20N2O4. The van der Waals surface area contributed by atoms with Crippen molar-refractivity contribution in [2.24, 2.45) is 5.92 Å². The molecule has 6 nitrogen and oxygen atoms in total. The number of carboxylic acid groups (broad SMARTS) is 2. The Labute approximate surface area is 123 Å². The van der Waals surface area contributed by atoms with Crippen LogP contribution < -0.4 is 5.32 Å². The van der Waals surface area contributed by atoms with E-state index >= 15 is 0 Å². The van der Waals surface area contributed by atoms with Gasteiger partial charge >= 0.3 is 12.1 Å². The number of nitrogens with zero attached hydrogens (tertiary/aromatic N) is 1. The summed E-state index contributed by atoms with van der Waals surface area (Å²) in [6.07, 6.45) is -0.559. The number of nitrogens with one attached hydrogen (secondary N) is 1. The molecule has 3 atom stereocenters. The predicted molar refractivity (Wildman–Crippen MR) is 77.1 cm³/mol. The molecular weight excluding hydrogens is 272 g/mol. The monoisotopic (exact) mass is 292 g/mol. The molecule has 1 aliphatic rings. The third kappa shape index (κ3) is 3.72. The zero-order valence-electron chi connectivity index (χ0n) is 11.9. The van der Waals surface area contributed by atoms with Crippen LogP contribution in [0.3, 0.4) is 0 Å². The Hall–Kier alpha value is -2.08. The SMILES string of the molecule is C[C@H](NC1CCN(C(=O)O)CC1C(=O)O)c1ccccc1. The molecule has 2 unspecified atom stereocenters. The van der Waals surface area contributed by atoms with Crippen LogP contribution >= 0.6 is 0 Å². The molecule has 0 radical (unpaired) electrons. The van der Waals surface area contributed by atoms with Crippen molar-refractivity contribution in [3.63, 3.8) is 0 Å². The second-order valence-corrected chi connectivity index (χ2v) is 5.37. The van der Waals surface area contributed by atoms with Crippen LogP contribution in [0.25, 0.3) is 0 Å². The molecule has 0 bridgehead atoms. The second-order valence-electron chi connectivity index (χ2n) is 5.37. The fourth-order valence-corrected chi connectivity index (χ4v) is 2.73. The average molecular weight is 292 g/mol. The summed E-state index contributed by atoms with van der Waals surface area (Å²) in [5.41, 5.74) is 1.09. The van der Waals surface area contributed by atoms with E-state index < -0.39 is 18.0 Å². The molecule has 6 heteroatoms. The molecule has 0 saturated carbocycles. The first-order valence-corrected chi connectivity index (χ1v) is 7.00. The Balaban J connectivity index is 2.04. The minimum absolute atomic E-state index is 0.0226. The van der Waals surface area contributed by atoms with Crippen LogP contribution in [0.2, 0.25) is 0 Å². The largest absolute Gasteiger partial charge is 0.481 e. The van der Waals surface area contributed by atoms with Crippen LogP contribution in [0.4, 0.5) is 4.79 Å². The van der Waals surface area contributed by atoms with Crippen LogP contribution in [0.15, 0.2) is 30.3 Å². The summed E-state index contributed by atoms with van der Waals surface area (Å²) in [7, 11) is 0. The minimum Gasteiger partial charge on any atom is -0.481 e. The standard InChI is InChI=1S/C15H20N2O4/c1-10(11-5-3-2-4-6-11)16-13-7-8-17(15(20)21)9-12(13)14(18)19/h2-6,10,12-13,16H,7-9H2,1H3,(H,18,19)(H,20,21)/t10-,12?,13?/m0/s1. The molecule has 1 fully saturated rings. The maximum Gasteiger partial charge on any atom is 0.407 e. The number of carboxylic acids is 1. The Morgan fingerprint density at radius 1 is 1.29 bits per heavy atom. The number of aliphatic carboxylic acids is 1. The highest BCUT2D eigenvalue weighted by Crippen LogP contribution is 2.22. The number of amides is 1. The molecule has 3 N–H and O–H groups in total. The zero-order chi connectivity index (χ0) is 15.4. The quantitative estimate of drug-likeness (QED) is 0.787. The Bertz CT molecular complexity index is 506. The zero-order valence-corrected chi connectivity index (χ0v) is 11.9. The van der Waals surface area contributed by atoms with Crippen molar-refractivity contribution in [1.29, 1.82) is 0 Å². The lowest BCUT2D eigenvalue weighted by atomic mass is 9.91. The summed E-state index contributed by atoms with van der Waals surface area (Å²) in [5, 5.41) is 21.7. The average Bonchev–Trinajstić information content (AvgIpc) is 2.48. The summed E-state index contributed by atoms with van der Waals surface area (Å²) < 4.78 is 0.